The number of likely N-dealkylation sites (tertiary alicyclic amines) is 1. The van der Waals surface area contributed by atoms with Crippen LogP contribution in [-0.2, 0) is 17.9 Å². The molecule has 1 N–H and O–H groups in total. The van der Waals surface area contributed by atoms with Gasteiger partial charge in [0, 0.05) is 37.5 Å². The third-order valence-electron chi connectivity index (χ3n) is 5.20. The van der Waals surface area contributed by atoms with E-state index in [2.05, 4.69) is 39.6 Å². The lowest BCUT2D eigenvalue weighted by Gasteiger charge is -2.17. The van der Waals surface area contributed by atoms with Crippen LogP contribution in [0.5, 0.6) is 0 Å². The van der Waals surface area contributed by atoms with Gasteiger partial charge < -0.3 is 5.32 Å². The topological polar surface area (TPSA) is 67.2 Å². The van der Waals surface area contributed by atoms with Crippen molar-refractivity contribution in [1.82, 2.24) is 20.0 Å². The summed E-state index contributed by atoms with van der Waals surface area (Å²) in [5, 5.41) is 7.96. The summed E-state index contributed by atoms with van der Waals surface area (Å²) < 4.78 is 1.73. The molecular weight excluding hydrogens is 352 g/mol. The molecule has 1 saturated heterocycles. The predicted molar refractivity (Wildman–Crippen MR) is 109 cm³/mol. The van der Waals surface area contributed by atoms with Crippen LogP contribution in [0.2, 0.25) is 0 Å². The van der Waals surface area contributed by atoms with Gasteiger partial charge in [0.1, 0.15) is 0 Å². The third-order valence-corrected chi connectivity index (χ3v) is 5.20. The number of aromatic nitrogens is 2. The molecule has 3 aromatic rings. The first kappa shape index (κ1) is 18.4. The van der Waals surface area contributed by atoms with Crippen LogP contribution in [0.4, 0.5) is 0 Å². The number of hydrogen-bond donors (Lipinski definition) is 1. The SMILES string of the molecule is O=C(CCn1ncc(=O)c2ccccc21)NC1CCN(Cc2ccccc2)C1. The maximum Gasteiger partial charge on any atom is 0.222 e. The Kier molecular flexibility index (Phi) is 5.48. The fourth-order valence-electron chi connectivity index (χ4n) is 3.78. The minimum Gasteiger partial charge on any atom is -0.352 e. The second-order valence-electron chi connectivity index (χ2n) is 7.27. The van der Waals surface area contributed by atoms with Gasteiger partial charge in [-0.05, 0) is 24.1 Å². The van der Waals surface area contributed by atoms with E-state index in [0.29, 0.717) is 18.4 Å². The molecule has 1 amide bonds. The zero-order valence-electron chi connectivity index (χ0n) is 15.8. The molecule has 0 bridgehead atoms. The van der Waals surface area contributed by atoms with Gasteiger partial charge in [-0.2, -0.15) is 5.10 Å². The van der Waals surface area contributed by atoms with Crippen LogP contribution in [0.1, 0.15) is 18.4 Å². The van der Waals surface area contributed by atoms with Gasteiger partial charge in [-0.3, -0.25) is 19.2 Å². The third kappa shape index (κ3) is 4.28. The normalized spacial score (nSPS) is 17.1. The van der Waals surface area contributed by atoms with Gasteiger partial charge >= 0.3 is 0 Å². The predicted octanol–water partition coefficient (Wildman–Crippen LogP) is 2.18. The Bertz CT molecular complexity index is 1020. The minimum atomic E-state index is -0.0965. The van der Waals surface area contributed by atoms with E-state index in [9.17, 15) is 9.59 Å². The highest BCUT2D eigenvalue weighted by Gasteiger charge is 2.23. The number of rotatable bonds is 6. The lowest BCUT2D eigenvalue weighted by atomic mass is 10.2. The number of amides is 1. The summed E-state index contributed by atoms with van der Waals surface area (Å²) in [6.45, 7) is 3.24. The molecule has 6 heteroatoms. The van der Waals surface area contributed by atoms with E-state index in [1.54, 1.807) is 10.7 Å². The van der Waals surface area contributed by atoms with E-state index in [4.69, 9.17) is 0 Å². The van der Waals surface area contributed by atoms with Gasteiger partial charge in [0.2, 0.25) is 11.3 Å². The van der Waals surface area contributed by atoms with Gasteiger partial charge in [-0.1, -0.05) is 42.5 Å². The first-order chi connectivity index (χ1) is 13.7. The van der Waals surface area contributed by atoms with Crippen LogP contribution < -0.4 is 10.7 Å². The zero-order chi connectivity index (χ0) is 19.3. The number of fused-ring (bicyclic) bond motifs is 1. The standard InChI is InChI=1S/C22H24N4O2/c27-21-14-23-26(20-9-5-4-8-19(20)21)13-11-22(28)24-18-10-12-25(16-18)15-17-6-2-1-3-7-17/h1-9,14,18H,10-13,15-16H2,(H,24,28). The summed E-state index contributed by atoms with van der Waals surface area (Å²) in [7, 11) is 0. The van der Waals surface area contributed by atoms with E-state index in [1.807, 2.05) is 24.3 Å². The molecule has 1 atom stereocenters. The van der Waals surface area contributed by atoms with Crippen molar-refractivity contribution in [2.24, 2.45) is 0 Å². The Morgan fingerprint density at radius 3 is 2.75 bits per heavy atom. The van der Waals surface area contributed by atoms with Crippen molar-refractivity contribution in [3.05, 3.63) is 76.6 Å². The van der Waals surface area contributed by atoms with E-state index >= 15 is 0 Å². The fraction of sp³-hybridized carbons (Fsp3) is 0.318. The monoisotopic (exact) mass is 376 g/mol. The summed E-state index contributed by atoms with van der Waals surface area (Å²) in [6.07, 6.45) is 2.63. The average molecular weight is 376 g/mol. The zero-order valence-corrected chi connectivity index (χ0v) is 15.8. The van der Waals surface area contributed by atoms with Crippen molar-refractivity contribution in [3.63, 3.8) is 0 Å². The molecule has 0 spiro atoms. The van der Waals surface area contributed by atoms with E-state index in [-0.39, 0.29) is 17.4 Å². The lowest BCUT2D eigenvalue weighted by molar-refractivity contribution is -0.122. The Morgan fingerprint density at radius 1 is 1.11 bits per heavy atom. The number of carbonyl (C=O) groups is 1. The van der Waals surface area contributed by atoms with Gasteiger partial charge in [-0.25, -0.2) is 0 Å². The summed E-state index contributed by atoms with van der Waals surface area (Å²) >= 11 is 0. The number of nitrogens with one attached hydrogen (secondary N) is 1. The minimum absolute atomic E-state index is 0.0242. The van der Waals surface area contributed by atoms with Gasteiger partial charge in [0.05, 0.1) is 18.3 Å². The molecule has 6 nitrogen and oxygen atoms in total. The van der Waals surface area contributed by atoms with Crippen molar-refractivity contribution in [2.45, 2.75) is 32.0 Å². The molecule has 28 heavy (non-hydrogen) atoms. The number of nitrogens with zero attached hydrogens (tertiary/aromatic N) is 3. The molecule has 1 aromatic heterocycles. The van der Waals surface area contributed by atoms with Crippen LogP contribution >= 0.6 is 0 Å². The first-order valence-electron chi connectivity index (χ1n) is 9.69. The molecule has 1 aliphatic heterocycles. The summed E-state index contributed by atoms with van der Waals surface area (Å²) in [5.41, 5.74) is 1.96. The maximum atomic E-state index is 12.4. The molecular formula is C22H24N4O2. The molecule has 4 rings (SSSR count). The van der Waals surface area contributed by atoms with E-state index in [1.165, 1.54) is 11.8 Å². The number of carbonyl (C=O) groups excluding carboxylic acids is 1. The van der Waals surface area contributed by atoms with Gasteiger partial charge in [0.15, 0.2) is 0 Å². The molecule has 0 saturated carbocycles. The lowest BCUT2D eigenvalue weighted by Crippen LogP contribution is -2.37. The van der Waals surface area contributed by atoms with Crippen LogP contribution in [0.15, 0.2) is 65.6 Å². The van der Waals surface area contributed by atoms with Crippen molar-refractivity contribution in [1.29, 1.82) is 0 Å². The Balaban J connectivity index is 1.30. The summed E-state index contributed by atoms with van der Waals surface area (Å²) in [4.78, 5) is 26.7. The van der Waals surface area contributed by atoms with Crippen molar-refractivity contribution in [3.8, 4) is 0 Å². The summed E-state index contributed by atoms with van der Waals surface area (Å²) in [5.74, 6) is 0.0242. The van der Waals surface area contributed by atoms with Crippen LogP contribution in [-0.4, -0.2) is 39.7 Å². The number of aryl methyl sites for hydroxylation is 1. The van der Waals surface area contributed by atoms with E-state index < -0.39 is 0 Å². The average Bonchev–Trinajstić information content (AvgIpc) is 3.15. The number of para-hydroxylation sites is 1. The molecule has 1 aliphatic rings. The molecule has 1 unspecified atom stereocenters. The second-order valence-corrected chi connectivity index (χ2v) is 7.27. The number of benzene rings is 2. The maximum absolute atomic E-state index is 12.4. The van der Waals surface area contributed by atoms with Crippen LogP contribution in [0.25, 0.3) is 10.9 Å². The summed E-state index contributed by atoms with van der Waals surface area (Å²) in [6, 6.07) is 17.9. The van der Waals surface area contributed by atoms with Crippen molar-refractivity contribution >= 4 is 16.8 Å². The fourth-order valence-corrected chi connectivity index (χ4v) is 3.78. The first-order valence-corrected chi connectivity index (χ1v) is 9.69. The Labute approximate surface area is 163 Å². The van der Waals surface area contributed by atoms with Gasteiger partial charge in [-0.15, -0.1) is 0 Å². The molecule has 0 aliphatic carbocycles. The molecule has 144 valence electrons. The molecule has 2 heterocycles. The smallest absolute Gasteiger partial charge is 0.222 e. The largest absolute Gasteiger partial charge is 0.352 e. The Hall–Kier alpha value is -2.99. The van der Waals surface area contributed by atoms with Crippen LogP contribution in [0.3, 0.4) is 0 Å². The van der Waals surface area contributed by atoms with Crippen molar-refractivity contribution in [2.75, 3.05) is 13.1 Å². The Morgan fingerprint density at radius 2 is 1.89 bits per heavy atom. The molecule has 1 fully saturated rings. The molecule has 0 radical (unpaired) electrons. The quantitative estimate of drug-likeness (QED) is 0.716. The highest BCUT2D eigenvalue weighted by atomic mass is 16.1. The number of hydrogen-bond acceptors (Lipinski definition) is 4. The van der Waals surface area contributed by atoms with E-state index in [0.717, 1.165) is 31.6 Å². The van der Waals surface area contributed by atoms with Gasteiger partial charge in [0.25, 0.3) is 0 Å². The highest BCUT2D eigenvalue weighted by molar-refractivity contribution is 5.79. The van der Waals surface area contributed by atoms with Crippen LogP contribution in [0, 0.1) is 0 Å². The highest BCUT2D eigenvalue weighted by Crippen LogP contribution is 2.14. The molecule has 2 aromatic carbocycles. The van der Waals surface area contributed by atoms with Crippen molar-refractivity contribution < 1.29 is 4.79 Å². The second kappa shape index (κ2) is 8.35.